The first-order valence-corrected chi connectivity index (χ1v) is 5.75. The summed E-state index contributed by atoms with van der Waals surface area (Å²) in [5, 5.41) is 3.28. The molecule has 2 aromatic rings. The number of hydrogen-bond acceptors (Lipinski definition) is 5. The second kappa shape index (κ2) is 5.01. The predicted octanol–water partition coefficient (Wildman–Crippen LogP) is 2.43. The van der Waals surface area contributed by atoms with Gasteiger partial charge in [-0.25, -0.2) is 15.8 Å². The van der Waals surface area contributed by atoms with E-state index in [2.05, 4.69) is 40.6 Å². The molecule has 0 saturated heterocycles. The standard InChI is InChI=1S/C13H17N5/c1-8-5-4-6-11(9(8)2)17-12-7-13(18-14)16-10(3)15-12/h4-7H,14H2,1-3H3,(H2,15,16,17,18). The van der Waals surface area contributed by atoms with E-state index in [0.29, 0.717) is 11.6 Å². The number of aryl methyl sites for hydroxylation is 2. The Labute approximate surface area is 106 Å². The first kappa shape index (κ1) is 12.3. The second-order valence-corrected chi connectivity index (χ2v) is 4.20. The third-order valence-corrected chi connectivity index (χ3v) is 2.85. The minimum atomic E-state index is 0.593. The molecule has 94 valence electrons. The molecule has 0 aliphatic heterocycles. The van der Waals surface area contributed by atoms with Crippen LogP contribution in [0.25, 0.3) is 0 Å². The summed E-state index contributed by atoms with van der Waals surface area (Å²) in [5.41, 5.74) is 6.01. The number of benzene rings is 1. The van der Waals surface area contributed by atoms with Crippen molar-refractivity contribution in [3.8, 4) is 0 Å². The van der Waals surface area contributed by atoms with Gasteiger partial charge in [0.05, 0.1) is 0 Å². The fourth-order valence-electron chi connectivity index (χ4n) is 1.73. The van der Waals surface area contributed by atoms with Crippen LogP contribution in [0.4, 0.5) is 17.3 Å². The van der Waals surface area contributed by atoms with Gasteiger partial charge in [0.25, 0.3) is 0 Å². The molecule has 5 nitrogen and oxygen atoms in total. The van der Waals surface area contributed by atoms with Gasteiger partial charge in [-0.1, -0.05) is 12.1 Å². The van der Waals surface area contributed by atoms with E-state index in [1.54, 1.807) is 6.07 Å². The number of nitrogens with two attached hydrogens (primary N) is 1. The number of anilines is 3. The summed E-state index contributed by atoms with van der Waals surface area (Å²) in [6, 6.07) is 7.89. The van der Waals surface area contributed by atoms with E-state index in [-0.39, 0.29) is 0 Å². The van der Waals surface area contributed by atoms with Crippen LogP contribution < -0.4 is 16.6 Å². The molecule has 1 aromatic heterocycles. The third kappa shape index (κ3) is 2.57. The second-order valence-electron chi connectivity index (χ2n) is 4.20. The Hall–Kier alpha value is -2.14. The van der Waals surface area contributed by atoms with Gasteiger partial charge in [0.2, 0.25) is 0 Å². The summed E-state index contributed by atoms with van der Waals surface area (Å²) in [6.45, 7) is 5.99. The highest BCUT2D eigenvalue weighted by molar-refractivity contribution is 5.63. The quantitative estimate of drug-likeness (QED) is 0.570. The zero-order valence-electron chi connectivity index (χ0n) is 10.8. The molecule has 0 aliphatic carbocycles. The molecule has 4 N–H and O–H groups in total. The molecule has 0 spiro atoms. The molecule has 1 aromatic carbocycles. The smallest absolute Gasteiger partial charge is 0.145 e. The maximum atomic E-state index is 5.37. The first-order valence-electron chi connectivity index (χ1n) is 5.75. The number of nitrogens with zero attached hydrogens (tertiary/aromatic N) is 2. The first-order chi connectivity index (χ1) is 8.60. The van der Waals surface area contributed by atoms with Crippen molar-refractivity contribution in [3.63, 3.8) is 0 Å². The fourth-order valence-corrected chi connectivity index (χ4v) is 1.73. The van der Waals surface area contributed by atoms with Crippen LogP contribution in [0.1, 0.15) is 17.0 Å². The molecule has 0 aliphatic rings. The summed E-state index contributed by atoms with van der Waals surface area (Å²) in [7, 11) is 0. The lowest BCUT2D eigenvalue weighted by molar-refractivity contribution is 1.05. The average molecular weight is 243 g/mol. The summed E-state index contributed by atoms with van der Waals surface area (Å²) in [4.78, 5) is 8.48. The number of nitrogens with one attached hydrogen (secondary N) is 2. The van der Waals surface area contributed by atoms with E-state index in [0.717, 1.165) is 11.5 Å². The van der Waals surface area contributed by atoms with Crippen LogP contribution in [0, 0.1) is 20.8 Å². The fraction of sp³-hybridized carbons (Fsp3) is 0.231. The number of hydrazine groups is 1. The van der Waals surface area contributed by atoms with Crippen LogP contribution in [0.15, 0.2) is 24.3 Å². The minimum Gasteiger partial charge on any atom is -0.340 e. The third-order valence-electron chi connectivity index (χ3n) is 2.85. The molecule has 0 amide bonds. The molecule has 1 heterocycles. The number of hydrogen-bond donors (Lipinski definition) is 3. The van der Waals surface area contributed by atoms with Crippen LogP contribution in [0.3, 0.4) is 0 Å². The molecule has 0 fully saturated rings. The van der Waals surface area contributed by atoms with Crippen molar-refractivity contribution in [2.24, 2.45) is 5.84 Å². The van der Waals surface area contributed by atoms with Crippen molar-refractivity contribution in [1.82, 2.24) is 9.97 Å². The molecule has 0 unspecified atom stereocenters. The summed E-state index contributed by atoms with van der Waals surface area (Å²) >= 11 is 0. The van der Waals surface area contributed by atoms with Crippen molar-refractivity contribution in [2.75, 3.05) is 10.7 Å². The van der Waals surface area contributed by atoms with E-state index in [4.69, 9.17) is 5.84 Å². The zero-order chi connectivity index (χ0) is 13.1. The molecular weight excluding hydrogens is 226 g/mol. The van der Waals surface area contributed by atoms with E-state index < -0.39 is 0 Å². The lowest BCUT2D eigenvalue weighted by Crippen LogP contribution is -2.10. The largest absolute Gasteiger partial charge is 0.340 e. The van der Waals surface area contributed by atoms with E-state index in [9.17, 15) is 0 Å². The van der Waals surface area contributed by atoms with Crippen LogP contribution in [-0.4, -0.2) is 9.97 Å². The van der Waals surface area contributed by atoms with Gasteiger partial charge in [0.1, 0.15) is 17.5 Å². The van der Waals surface area contributed by atoms with Gasteiger partial charge in [-0.05, 0) is 38.0 Å². The maximum Gasteiger partial charge on any atom is 0.145 e. The molecule has 0 atom stereocenters. The van der Waals surface area contributed by atoms with Crippen LogP contribution in [-0.2, 0) is 0 Å². The van der Waals surface area contributed by atoms with Crippen LogP contribution in [0.5, 0.6) is 0 Å². The van der Waals surface area contributed by atoms with Gasteiger partial charge < -0.3 is 10.7 Å². The molecule has 0 saturated carbocycles. The topological polar surface area (TPSA) is 75.9 Å². The Bertz CT molecular complexity index is 565. The Morgan fingerprint density at radius 3 is 2.50 bits per heavy atom. The molecule has 18 heavy (non-hydrogen) atoms. The van der Waals surface area contributed by atoms with Gasteiger partial charge in [0.15, 0.2) is 0 Å². The van der Waals surface area contributed by atoms with Crippen molar-refractivity contribution >= 4 is 17.3 Å². The Balaban J connectivity index is 2.34. The van der Waals surface area contributed by atoms with Gasteiger partial charge >= 0.3 is 0 Å². The number of rotatable bonds is 3. The highest BCUT2D eigenvalue weighted by atomic mass is 15.3. The van der Waals surface area contributed by atoms with Gasteiger partial charge in [-0.15, -0.1) is 0 Å². The zero-order valence-corrected chi connectivity index (χ0v) is 10.8. The monoisotopic (exact) mass is 243 g/mol. The number of aromatic nitrogens is 2. The summed E-state index contributed by atoms with van der Waals surface area (Å²) in [5.74, 6) is 7.35. The highest BCUT2D eigenvalue weighted by Gasteiger charge is 2.04. The lowest BCUT2D eigenvalue weighted by Gasteiger charge is -2.12. The Kier molecular flexibility index (Phi) is 3.43. The van der Waals surface area contributed by atoms with Crippen LogP contribution >= 0.6 is 0 Å². The van der Waals surface area contributed by atoms with Crippen molar-refractivity contribution in [1.29, 1.82) is 0 Å². The maximum absolute atomic E-state index is 5.37. The van der Waals surface area contributed by atoms with Crippen molar-refractivity contribution in [2.45, 2.75) is 20.8 Å². The lowest BCUT2D eigenvalue weighted by atomic mass is 10.1. The number of nitrogen functional groups attached to an aromatic ring is 1. The summed E-state index contributed by atoms with van der Waals surface area (Å²) < 4.78 is 0. The Morgan fingerprint density at radius 1 is 1.06 bits per heavy atom. The highest BCUT2D eigenvalue weighted by Crippen LogP contribution is 2.22. The van der Waals surface area contributed by atoms with Crippen LogP contribution in [0.2, 0.25) is 0 Å². The molecular formula is C13H17N5. The van der Waals surface area contributed by atoms with E-state index in [1.807, 2.05) is 19.1 Å². The van der Waals surface area contributed by atoms with Gasteiger partial charge in [-0.3, -0.25) is 0 Å². The van der Waals surface area contributed by atoms with Gasteiger partial charge in [-0.2, -0.15) is 0 Å². The normalized spacial score (nSPS) is 10.2. The Morgan fingerprint density at radius 2 is 1.78 bits per heavy atom. The van der Waals surface area contributed by atoms with E-state index in [1.165, 1.54) is 11.1 Å². The van der Waals surface area contributed by atoms with Crippen molar-refractivity contribution < 1.29 is 0 Å². The minimum absolute atomic E-state index is 0.593. The molecule has 0 bridgehead atoms. The van der Waals surface area contributed by atoms with Crippen molar-refractivity contribution in [3.05, 3.63) is 41.2 Å². The SMILES string of the molecule is Cc1nc(NN)cc(Nc2cccc(C)c2C)n1. The molecule has 5 heteroatoms. The molecule has 2 rings (SSSR count). The summed E-state index contributed by atoms with van der Waals surface area (Å²) in [6.07, 6.45) is 0. The van der Waals surface area contributed by atoms with Gasteiger partial charge in [0, 0.05) is 11.8 Å². The molecule has 0 radical (unpaired) electrons. The average Bonchev–Trinajstić information content (AvgIpc) is 2.34. The predicted molar refractivity (Wildman–Crippen MR) is 73.8 cm³/mol. The van der Waals surface area contributed by atoms with E-state index >= 15 is 0 Å².